The van der Waals surface area contributed by atoms with Crippen LogP contribution in [0.3, 0.4) is 0 Å². The van der Waals surface area contributed by atoms with E-state index in [-0.39, 0.29) is 24.0 Å². The number of rotatable bonds is 9. The van der Waals surface area contributed by atoms with Gasteiger partial charge in [0.05, 0.1) is 12.6 Å². The predicted octanol–water partition coefficient (Wildman–Crippen LogP) is 3.71. The van der Waals surface area contributed by atoms with Gasteiger partial charge in [0.15, 0.2) is 5.96 Å². The summed E-state index contributed by atoms with van der Waals surface area (Å²) in [5, 5.41) is 8.91. The summed E-state index contributed by atoms with van der Waals surface area (Å²) in [5.74, 6) is 0.908. The van der Waals surface area contributed by atoms with E-state index in [1.807, 2.05) is 0 Å². The third-order valence-corrected chi connectivity index (χ3v) is 4.40. The molecule has 6 heteroatoms. The molecule has 0 saturated heterocycles. The molecule has 0 amide bonds. The van der Waals surface area contributed by atoms with Crippen LogP contribution >= 0.6 is 35.3 Å². The van der Waals surface area contributed by atoms with Gasteiger partial charge in [0.1, 0.15) is 0 Å². The van der Waals surface area contributed by atoms with E-state index in [4.69, 9.17) is 4.99 Å². The first-order valence-corrected chi connectivity index (χ1v) is 8.89. The Morgan fingerprint density at radius 2 is 2.09 bits per heavy atom. The van der Waals surface area contributed by atoms with Gasteiger partial charge in [-0.2, -0.15) is 0 Å². The molecule has 22 heavy (non-hydrogen) atoms. The van der Waals surface area contributed by atoms with E-state index in [1.165, 1.54) is 11.3 Å². The van der Waals surface area contributed by atoms with Crippen LogP contribution in [0.1, 0.15) is 45.0 Å². The van der Waals surface area contributed by atoms with E-state index in [2.05, 4.69) is 60.7 Å². The van der Waals surface area contributed by atoms with Crippen molar-refractivity contribution in [1.29, 1.82) is 0 Å². The Morgan fingerprint density at radius 1 is 1.32 bits per heavy atom. The summed E-state index contributed by atoms with van der Waals surface area (Å²) in [7, 11) is 0. The molecule has 0 bridgehead atoms. The van der Waals surface area contributed by atoms with Gasteiger partial charge in [-0.1, -0.05) is 19.9 Å². The van der Waals surface area contributed by atoms with Gasteiger partial charge in [0.2, 0.25) is 0 Å². The zero-order chi connectivity index (χ0) is 15.5. The molecule has 0 radical (unpaired) electrons. The Kier molecular flexibility index (Phi) is 12.9. The number of likely N-dealkylation sites (N-methyl/N-ethyl adjacent to an activating group) is 1. The van der Waals surface area contributed by atoms with Crippen LogP contribution in [0, 0.1) is 0 Å². The van der Waals surface area contributed by atoms with E-state index >= 15 is 0 Å². The molecule has 4 nitrogen and oxygen atoms in total. The van der Waals surface area contributed by atoms with Crippen LogP contribution in [-0.2, 0) is 0 Å². The summed E-state index contributed by atoms with van der Waals surface area (Å²) in [5.41, 5.74) is 0. The van der Waals surface area contributed by atoms with E-state index in [1.54, 1.807) is 11.3 Å². The second-order valence-electron chi connectivity index (χ2n) is 5.08. The molecule has 0 aliphatic rings. The maximum Gasteiger partial charge on any atom is 0.191 e. The highest BCUT2D eigenvalue weighted by Gasteiger charge is 2.08. The van der Waals surface area contributed by atoms with Gasteiger partial charge in [-0.15, -0.1) is 35.3 Å². The Bertz CT molecular complexity index is 395. The van der Waals surface area contributed by atoms with Crippen molar-refractivity contribution in [2.24, 2.45) is 4.99 Å². The van der Waals surface area contributed by atoms with Crippen molar-refractivity contribution in [2.45, 2.75) is 40.2 Å². The number of hydrogen-bond acceptors (Lipinski definition) is 3. The number of halogens is 1. The largest absolute Gasteiger partial charge is 0.357 e. The van der Waals surface area contributed by atoms with E-state index in [0.717, 1.165) is 38.7 Å². The van der Waals surface area contributed by atoms with Gasteiger partial charge in [0.25, 0.3) is 0 Å². The first-order valence-electron chi connectivity index (χ1n) is 8.01. The first-order chi connectivity index (χ1) is 10.2. The van der Waals surface area contributed by atoms with Gasteiger partial charge < -0.3 is 15.5 Å². The molecule has 0 aromatic carbocycles. The molecule has 0 saturated carbocycles. The van der Waals surface area contributed by atoms with Gasteiger partial charge >= 0.3 is 0 Å². The summed E-state index contributed by atoms with van der Waals surface area (Å²) in [6.45, 7) is 13.7. The highest BCUT2D eigenvalue weighted by molar-refractivity contribution is 14.0. The lowest BCUT2D eigenvalue weighted by Gasteiger charge is -2.20. The fraction of sp³-hybridized carbons (Fsp3) is 0.688. The van der Waals surface area contributed by atoms with Crippen LogP contribution in [0.5, 0.6) is 0 Å². The van der Waals surface area contributed by atoms with Crippen molar-refractivity contribution >= 4 is 41.3 Å². The van der Waals surface area contributed by atoms with Gasteiger partial charge in [-0.3, -0.25) is 4.99 Å². The summed E-state index contributed by atoms with van der Waals surface area (Å²) in [4.78, 5) is 8.47. The van der Waals surface area contributed by atoms with Crippen molar-refractivity contribution in [3.63, 3.8) is 0 Å². The van der Waals surface area contributed by atoms with E-state index in [0.29, 0.717) is 6.04 Å². The average Bonchev–Trinajstić information content (AvgIpc) is 3.00. The quantitative estimate of drug-likeness (QED) is 0.351. The lowest BCUT2D eigenvalue weighted by molar-refractivity contribution is 0.297. The van der Waals surface area contributed by atoms with Crippen LogP contribution in [0.2, 0.25) is 0 Å². The number of aliphatic imine (C=N–C) groups is 1. The normalized spacial score (nSPS) is 12.9. The number of guanidine groups is 1. The molecule has 0 spiro atoms. The zero-order valence-corrected chi connectivity index (χ0v) is 17.4. The molecule has 128 valence electrons. The third-order valence-electron chi connectivity index (χ3n) is 3.34. The summed E-state index contributed by atoms with van der Waals surface area (Å²) < 4.78 is 0. The Hall–Kier alpha value is -0.340. The van der Waals surface area contributed by atoms with Crippen LogP contribution < -0.4 is 10.6 Å². The Balaban J connectivity index is 0.00000441. The SMILES string of the molecule is CCCN(CC)CCN=C(NCC)NC(C)c1cccs1.I. The second-order valence-corrected chi connectivity index (χ2v) is 6.06. The molecule has 2 N–H and O–H groups in total. The molecule has 1 unspecified atom stereocenters. The molecule has 1 heterocycles. The number of hydrogen-bond donors (Lipinski definition) is 2. The van der Waals surface area contributed by atoms with E-state index < -0.39 is 0 Å². The molecular formula is C16H31IN4S. The number of nitrogens with zero attached hydrogens (tertiary/aromatic N) is 2. The third kappa shape index (κ3) is 8.33. The van der Waals surface area contributed by atoms with Crippen LogP contribution in [0.4, 0.5) is 0 Å². The molecule has 1 rings (SSSR count). The van der Waals surface area contributed by atoms with Crippen molar-refractivity contribution in [2.75, 3.05) is 32.7 Å². The Labute approximate surface area is 156 Å². The average molecular weight is 438 g/mol. The highest BCUT2D eigenvalue weighted by atomic mass is 127. The molecule has 0 aliphatic heterocycles. The first kappa shape index (κ1) is 21.7. The van der Waals surface area contributed by atoms with Gasteiger partial charge in [-0.05, 0) is 44.8 Å². The molecule has 1 atom stereocenters. The molecule has 1 aromatic rings. The topological polar surface area (TPSA) is 39.7 Å². The molecule has 1 aromatic heterocycles. The van der Waals surface area contributed by atoms with Crippen LogP contribution in [0.15, 0.2) is 22.5 Å². The minimum Gasteiger partial charge on any atom is -0.357 e. The van der Waals surface area contributed by atoms with Crippen molar-refractivity contribution in [3.8, 4) is 0 Å². The lowest BCUT2D eigenvalue weighted by Crippen LogP contribution is -2.39. The summed E-state index contributed by atoms with van der Waals surface area (Å²) in [6.07, 6.45) is 1.20. The number of nitrogens with one attached hydrogen (secondary N) is 2. The fourth-order valence-corrected chi connectivity index (χ4v) is 2.92. The Morgan fingerprint density at radius 3 is 2.64 bits per heavy atom. The maximum atomic E-state index is 4.69. The smallest absolute Gasteiger partial charge is 0.191 e. The number of thiophene rings is 1. The highest BCUT2D eigenvalue weighted by Crippen LogP contribution is 2.17. The van der Waals surface area contributed by atoms with Crippen LogP contribution in [0.25, 0.3) is 0 Å². The molecule has 0 aliphatic carbocycles. The lowest BCUT2D eigenvalue weighted by atomic mass is 10.3. The van der Waals surface area contributed by atoms with Crippen molar-refractivity contribution in [3.05, 3.63) is 22.4 Å². The van der Waals surface area contributed by atoms with Crippen molar-refractivity contribution < 1.29 is 0 Å². The fourth-order valence-electron chi connectivity index (χ4n) is 2.18. The molecule has 0 fully saturated rings. The van der Waals surface area contributed by atoms with Crippen LogP contribution in [-0.4, -0.2) is 43.6 Å². The minimum atomic E-state index is 0. The zero-order valence-electron chi connectivity index (χ0n) is 14.3. The molecular weight excluding hydrogens is 407 g/mol. The van der Waals surface area contributed by atoms with Gasteiger partial charge in [0, 0.05) is 18.0 Å². The van der Waals surface area contributed by atoms with E-state index in [9.17, 15) is 0 Å². The van der Waals surface area contributed by atoms with Gasteiger partial charge in [-0.25, -0.2) is 0 Å². The second kappa shape index (κ2) is 13.1. The predicted molar refractivity (Wildman–Crippen MR) is 110 cm³/mol. The standard InChI is InChI=1S/C16H30N4S.HI/c1-5-11-20(7-3)12-10-18-16(17-6-2)19-14(4)15-9-8-13-21-15;/h8-9,13-14H,5-7,10-12H2,1-4H3,(H2,17,18,19);1H. The summed E-state index contributed by atoms with van der Waals surface area (Å²) in [6, 6.07) is 4.54. The van der Waals surface area contributed by atoms with Crippen molar-refractivity contribution in [1.82, 2.24) is 15.5 Å². The monoisotopic (exact) mass is 438 g/mol. The maximum absolute atomic E-state index is 4.69. The summed E-state index contributed by atoms with van der Waals surface area (Å²) >= 11 is 1.78. The minimum absolute atomic E-state index is 0.